The summed E-state index contributed by atoms with van der Waals surface area (Å²) in [6, 6.07) is 31.4. The van der Waals surface area contributed by atoms with Crippen LogP contribution in [0.2, 0.25) is 0 Å². The number of nitrogens with zero attached hydrogens (tertiary/aromatic N) is 1. The molecule has 36 heavy (non-hydrogen) atoms. The lowest BCUT2D eigenvalue weighted by Gasteiger charge is -2.25. The summed E-state index contributed by atoms with van der Waals surface area (Å²) in [4.78, 5) is 14.4. The molecule has 0 atom stereocenters. The second kappa shape index (κ2) is 11.5. The number of rotatable bonds is 9. The molecule has 5 nitrogen and oxygen atoms in total. The highest BCUT2D eigenvalue weighted by Gasteiger charge is 2.28. The van der Waals surface area contributed by atoms with Crippen LogP contribution in [-0.2, 0) is 20.6 Å². The summed E-state index contributed by atoms with van der Waals surface area (Å²) in [5.74, 6) is 0.405. The highest BCUT2D eigenvalue weighted by Crippen LogP contribution is 2.28. The molecule has 4 aromatic carbocycles. The van der Waals surface area contributed by atoms with E-state index in [4.69, 9.17) is 0 Å². The van der Waals surface area contributed by atoms with Crippen molar-refractivity contribution in [1.82, 2.24) is 0 Å². The summed E-state index contributed by atoms with van der Waals surface area (Å²) in [6.45, 7) is 3.43. The van der Waals surface area contributed by atoms with Gasteiger partial charge in [0.15, 0.2) is 0 Å². The van der Waals surface area contributed by atoms with Gasteiger partial charge in [0.05, 0.1) is 10.6 Å². The second-order valence-electron chi connectivity index (χ2n) is 8.41. The molecule has 0 aliphatic carbocycles. The minimum absolute atomic E-state index is 0.137. The number of carbonyl (C=O) groups excluding carboxylic acids is 1. The molecule has 0 aliphatic rings. The number of carbonyl (C=O) groups is 1. The van der Waals surface area contributed by atoms with E-state index in [2.05, 4.69) is 17.4 Å². The lowest BCUT2D eigenvalue weighted by atomic mass is 10.1. The van der Waals surface area contributed by atoms with Crippen LogP contribution < -0.4 is 9.62 Å². The minimum atomic E-state index is -3.94. The van der Waals surface area contributed by atoms with Gasteiger partial charge in [0.25, 0.3) is 10.0 Å². The van der Waals surface area contributed by atoms with Crippen LogP contribution in [0, 0.1) is 13.8 Å². The summed E-state index contributed by atoms with van der Waals surface area (Å²) in [5.41, 5.74) is 3.97. The smallest absolute Gasteiger partial charge is 0.264 e. The summed E-state index contributed by atoms with van der Waals surface area (Å²) in [5, 5.41) is 2.90. The zero-order valence-electron chi connectivity index (χ0n) is 20.2. The Morgan fingerprint density at radius 2 is 1.44 bits per heavy atom. The van der Waals surface area contributed by atoms with Gasteiger partial charge >= 0.3 is 0 Å². The molecule has 0 saturated carbocycles. The van der Waals surface area contributed by atoms with Crippen LogP contribution in [0.1, 0.15) is 16.7 Å². The molecular weight excluding hydrogens is 488 g/mol. The lowest BCUT2D eigenvalue weighted by Crippen LogP contribution is -2.38. The Balaban J connectivity index is 1.52. The van der Waals surface area contributed by atoms with Gasteiger partial charge in [0.2, 0.25) is 5.91 Å². The summed E-state index contributed by atoms with van der Waals surface area (Å²) in [6.07, 6.45) is 0. The van der Waals surface area contributed by atoms with Gasteiger partial charge in [-0.2, -0.15) is 0 Å². The van der Waals surface area contributed by atoms with Gasteiger partial charge in [0.1, 0.15) is 6.54 Å². The Labute approximate surface area is 217 Å². The van der Waals surface area contributed by atoms with Crippen LogP contribution in [0.25, 0.3) is 0 Å². The third-order valence-electron chi connectivity index (χ3n) is 5.72. The van der Waals surface area contributed by atoms with Crippen LogP contribution in [0.5, 0.6) is 0 Å². The largest absolute Gasteiger partial charge is 0.324 e. The molecular formula is C29H28N2O3S2. The molecule has 0 aliphatic heterocycles. The number of para-hydroxylation sites is 1. The number of aryl methyl sites for hydroxylation is 2. The number of nitrogens with one attached hydrogen (secondary N) is 1. The molecule has 4 aromatic rings. The third kappa shape index (κ3) is 6.17. The first kappa shape index (κ1) is 25.5. The molecule has 7 heteroatoms. The fourth-order valence-corrected chi connectivity index (χ4v) is 6.19. The highest BCUT2D eigenvalue weighted by molar-refractivity contribution is 7.98. The molecule has 0 spiro atoms. The SMILES string of the molecule is Cc1cc(CSc2ccccc2)ccc1NC(=O)CN(c1ccccc1C)S(=O)(=O)c1ccccc1. The van der Waals surface area contributed by atoms with Crippen molar-refractivity contribution in [2.45, 2.75) is 29.4 Å². The van der Waals surface area contributed by atoms with Gasteiger partial charge in [-0.1, -0.05) is 66.7 Å². The summed E-state index contributed by atoms with van der Waals surface area (Å²) in [7, 11) is -3.94. The number of thioether (sulfide) groups is 1. The molecule has 0 bridgehead atoms. The first-order chi connectivity index (χ1) is 17.3. The van der Waals surface area contributed by atoms with Gasteiger partial charge in [-0.25, -0.2) is 8.42 Å². The van der Waals surface area contributed by atoms with E-state index in [0.29, 0.717) is 11.4 Å². The Morgan fingerprint density at radius 1 is 0.806 bits per heavy atom. The van der Waals surface area contributed by atoms with E-state index in [9.17, 15) is 13.2 Å². The van der Waals surface area contributed by atoms with E-state index in [0.717, 1.165) is 22.4 Å². The van der Waals surface area contributed by atoms with E-state index in [-0.39, 0.29) is 11.4 Å². The molecule has 4 rings (SSSR count). The standard InChI is InChI=1S/C29H28N2O3S2/c1-22-11-9-10-16-28(22)31(36(33,34)26-14-7-4-8-15-26)20-29(32)30-27-18-17-24(19-23(27)2)21-35-25-12-5-3-6-13-25/h3-19H,20-21H2,1-2H3,(H,30,32). The molecule has 0 radical (unpaired) electrons. The molecule has 1 N–H and O–H groups in total. The molecule has 0 aromatic heterocycles. The Bertz CT molecular complexity index is 1440. The van der Waals surface area contributed by atoms with Gasteiger partial charge in [-0.05, 0) is 66.9 Å². The topological polar surface area (TPSA) is 66.5 Å². The van der Waals surface area contributed by atoms with Crippen molar-refractivity contribution >= 4 is 39.1 Å². The van der Waals surface area contributed by atoms with Crippen LogP contribution in [0.3, 0.4) is 0 Å². The molecule has 184 valence electrons. The quantitative estimate of drug-likeness (QED) is 0.260. The molecule has 0 fully saturated rings. The first-order valence-corrected chi connectivity index (χ1v) is 14.0. The van der Waals surface area contributed by atoms with Gasteiger partial charge in [-0.3, -0.25) is 9.10 Å². The number of hydrogen-bond donors (Lipinski definition) is 1. The normalized spacial score (nSPS) is 11.2. The Morgan fingerprint density at radius 3 is 2.11 bits per heavy atom. The van der Waals surface area contributed by atoms with Crippen molar-refractivity contribution in [3.05, 3.63) is 120 Å². The zero-order valence-corrected chi connectivity index (χ0v) is 21.9. The maximum absolute atomic E-state index is 13.5. The lowest BCUT2D eigenvalue weighted by molar-refractivity contribution is -0.114. The predicted molar refractivity (Wildman–Crippen MR) is 148 cm³/mol. The zero-order chi connectivity index (χ0) is 25.5. The molecule has 0 heterocycles. The number of anilines is 2. The highest BCUT2D eigenvalue weighted by atomic mass is 32.2. The van der Waals surface area contributed by atoms with Crippen molar-refractivity contribution < 1.29 is 13.2 Å². The first-order valence-electron chi connectivity index (χ1n) is 11.6. The predicted octanol–water partition coefficient (Wildman–Crippen LogP) is 6.43. The van der Waals surface area contributed by atoms with Crippen LogP contribution in [0.15, 0.2) is 113 Å². The van der Waals surface area contributed by atoms with Gasteiger partial charge < -0.3 is 5.32 Å². The Kier molecular flexibility index (Phi) is 8.13. The monoisotopic (exact) mass is 516 g/mol. The Hall–Kier alpha value is -3.55. The van der Waals surface area contributed by atoms with Crippen molar-refractivity contribution in [2.24, 2.45) is 0 Å². The van der Waals surface area contributed by atoms with E-state index in [1.54, 1.807) is 42.1 Å². The van der Waals surface area contributed by atoms with Crippen LogP contribution in [-0.4, -0.2) is 20.9 Å². The molecule has 1 amide bonds. The van der Waals surface area contributed by atoms with Crippen LogP contribution in [0.4, 0.5) is 11.4 Å². The van der Waals surface area contributed by atoms with Crippen LogP contribution >= 0.6 is 11.8 Å². The van der Waals surface area contributed by atoms with Crippen molar-refractivity contribution in [3.63, 3.8) is 0 Å². The van der Waals surface area contributed by atoms with E-state index in [1.165, 1.54) is 21.3 Å². The fraction of sp³-hybridized carbons (Fsp3) is 0.138. The van der Waals surface area contributed by atoms with Gasteiger partial charge in [-0.15, -0.1) is 11.8 Å². The summed E-state index contributed by atoms with van der Waals surface area (Å²) >= 11 is 1.75. The fourth-order valence-electron chi connectivity index (χ4n) is 3.82. The van der Waals surface area contributed by atoms with Crippen molar-refractivity contribution in [2.75, 3.05) is 16.2 Å². The minimum Gasteiger partial charge on any atom is -0.324 e. The number of hydrogen-bond acceptors (Lipinski definition) is 4. The van der Waals surface area contributed by atoms with Crippen molar-refractivity contribution in [3.8, 4) is 0 Å². The average molecular weight is 517 g/mol. The third-order valence-corrected chi connectivity index (χ3v) is 8.57. The van der Waals surface area contributed by atoms with E-state index < -0.39 is 15.9 Å². The second-order valence-corrected chi connectivity index (χ2v) is 11.3. The van der Waals surface area contributed by atoms with E-state index in [1.807, 2.05) is 62.4 Å². The number of benzene rings is 4. The molecule has 0 saturated heterocycles. The number of amides is 1. The van der Waals surface area contributed by atoms with Crippen molar-refractivity contribution in [1.29, 1.82) is 0 Å². The maximum Gasteiger partial charge on any atom is 0.264 e. The molecule has 0 unspecified atom stereocenters. The maximum atomic E-state index is 13.5. The summed E-state index contributed by atoms with van der Waals surface area (Å²) < 4.78 is 28.2. The average Bonchev–Trinajstić information content (AvgIpc) is 2.89. The van der Waals surface area contributed by atoms with Gasteiger partial charge in [0, 0.05) is 16.3 Å². The number of sulfonamides is 1. The van der Waals surface area contributed by atoms with E-state index >= 15 is 0 Å².